The van der Waals surface area contributed by atoms with Crippen LogP contribution in [0.25, 0.3) is 0 Å². The molecule has 1 aromatic rings. The fraction of sp³-hybridized carbons (Fsp3) is 0.364. The van der Waals surface area contributed by atoms with Crippen LogP contribution in [0, 0.1) is 0 Å². The number of carbonyl (C=O) groups is 1. The van der Waals surface area contributed by atoms with Crippen molar-refractivity contribution >= 4 is 21.8 Å². The Balaban J connectivity index is 2.23. The number of amides is 1. The molecule has 3 nitrogen and oxygen atoms in total. The van der Waals surface area contributed by atoms with Gasteiger partial charge in [-0.3, -0.25) is 4.79 Å². The Bertz CT molecular complexity index is 410. The zero-order valence-electron chi connectivity index (χ0n) is 9.35. The van der Waals surface area contributed by atoms with Crippen LogP contribution < -0.4 is 10.6 Å². The predicted molar refractivity (Wildman–Crippen MR) is 64.9 cm³/mol. The summed E-state index contributed by atoms with van der Waals surface area (Å²) in [4.78, 5) is 11.1. The zero-order chi connectivity index (χ0) is 13.6. The van der Waals surface area contributed by atoms with Gasteiger partial charge in [-0.1, -0.05) is 28.1 Å². The molecule has 0 radical (unpaired) electrons. The van der Waals surface area contributed by atoms with E-state index < -0.39 is 18.6 Å². The van der Waals surface area contributed by atoms with Crippen LogP contribution in [0.3, 0.4) is 0 Å². The Morgan fingerprint density at radius 3 is 2.67 bits per heavy atom. The van der Waals surface area contributed by atoms with Crippen LogP contribution in [0.2, 0.25) is 0 Å². The van der Waals surface area contributed by atoms with E-state index in [1.807, 2.05) is 24.3 Å². The molecule has 0 spiro atoms. The molecule has 0 aliphatic heterocycles. The molecule has 0 aliphatic carbocycles. The van der Waals surface area contributed by atoms with Gasteiger partial charge in [-0.05, 0) is 17.7 Å². The predicted octanol–water partition coefficient (Wildman–Crippen LogP) is 2.22. The summed E-state index contributed by atoms with van der Waals surface area (Å²) >= 11 is 3.30. The second kappa shape index (κ2) is 6.75. The van der Waals surface area contributed by atoms with E-state index in [0.29, 0.717) is 6.54 Å². The maximum atomic E-state index is 11.8. The van der Waals surface area contributed by atoms with Crippen molar-refractivity contribution in [3.63, 3.8) is 0 Å². The van der Waals surface area contributed by atoms with Gasteiger partial charge in [-0.2, -0.15) is 13.2 Å². The van der Waals surface area contributed by atoms with Gasteiger partial charge in [0.2, 0.25) is 5.91 Å². The third-order valence-electron chi connectivity index (χ3n) is 1.99. The van der Waals surface area contributed by atoms with Gasteiger partial charge in [0.25, 0.3) is 0 Å². The number of hydrogen-bond donors (Lipinski definition) is 2. The lowest BCUT2D eigenvalue weighted by molar-refractivity contribution is -0.137. The molecule has 0 unspecified atom stereocenters. The highest BCUT2D eigenvalue weighted by molar-refractivity contribution is 9.10. The highest BCUT2D eigenvalue weighted by Crippen LogP contribution is 2.12. The lowest BCUT2D eigenvalue weighted by Crippen LogP contribution is -2.39. The quantitative estimate of drug-likeness (QED) is 0.872. The molecule has 100 valence electrons. The molecule has 0 aliphatic rings. The Labute approximate surface area is 111 Å². The highest BCUT2D eigenvalue weighted by atomic mass is 79.9. The summed E-state index contributed by atoms with van der Waals surface area (Å²) in [6, 6.07) is 7.41. The molecule has 2 N–H and O–H groups in total. The highest BCUT2D eigenvalue weighted by Gasteiger charge is 2.27. The summed E-state index contributed by atoms with van der Waals surface area (Å²) in [7, 11) is 0. The molecule has 0 fully saturated rings. The van der Waals surface area contributed by atoms with E-state index in [2.05, 4.69) is 21.2 Å². The van der Waals surface area contributed by atoms with Crippen molar-refractivity contribution in [3.8, 4) is 0 Å². The molecule has 1 rings (SSSR count). The molecular weight excluding hydrogens is 313 g/mol. The molecule has 1 aromatic carbocycles. The minimum atomic E-state index is -4.38. The van der Waals surface area contributed by atoms with Crippen LogP contribution in [0.5, 0.6) is 0 Å². The van der Waals surface area contributed by atoms with Crippen molar-refractivity contribution in [2.24, 2.45) is 0 Å². The molecule has 0 saturated heterocycles. The van der Waals surface area contributed by atoms with Gasteiger partial charge in [0.1, 0.15) is 6.54 Å². The maximum absolute atomic E-state index is 11.8. The van der Waals surface area contributed by atoms with E-state index in [0.717, 1.165) is 10.0 Å². The van der Waals surface area contributed by atoms with Crippen LogP contribution in [0.1, 0.15) is 5.56 Å². The first-order valence-electron chi connectivity index (χ1n) is 5.15. The topological polar surface area (TPSA) is 41.1 Å². The minimum absolute atomic E-state index is 0.150. The van der Waals surface area contributed by atoms with Crippen LogP contribution in [0.15, 0.2) is 28.7 Å². The van der Waals surface area contributed by atoms with Crippen LogP contribution in [-0.2, 0) is 11.3 Å². The van der Waals surface area contributed by atoms with Gasteiger partial charge in [0.05, 0.1) is 6.54 Å². The van der Waals surface area contributed by atoms with Crippen molar-refractivity contribution in [2.75, 3.05) is 13.1 Å². The average Bonchev–Trinajstić information content (AvgIpc) is 2.25. The zero-order valence-corrected chi connectivity index (χ0v) is 10.9. The number of nitrogens with one attached hydrogen (secondary N) is 2. The summed E-state index contributed by atoms with van der Waals surface area (Å²) in [5, 5.41) is 4.55. The molecular formula is C11H12BrF3N2O. The third kappa shape index (κ3) is 6.61. The molecule has 0 heterocycles. The fourth-order valence-electron chi connectivity index (χ4n) is 1.23. The van der Waals surface area contributed by atoms with Gasteiger partial charge in [-0.15, -0.1) is 0 Å². The molecule has 0 atom stereocenters. The van der Waals surface area contributed by atoms with Crippen LogP contribution in [0.4, 0.5) is 13.2 Å². The Hall–Kier alpha value is -1.08. The largest absolute Gasteiger partial charge is 0.405 e. The summed E-state index contributed by atoms with van der Waals surface area (Å²) in [6.45, 7) is -1.04. The lowest BCUT2D eigenvalue weighted by atomic mass is 10.2. The summed E-state index contributed by atoms with van der Waals surface area (Å²) < 4.78 is 36.3. The Kier molecular flexibility index (Phi) is 5.61. The maximum Gasteiger partial charge on any atom is 0.405 e. The molecule has 7 heteroatoms. The standard InChI is InChI=1S/C11H12BrF3N2O/c12-9-3-1-2-8(4-9)5-16-6-10(18)17-7-11(13,14)15/h1-4,16H,5-7H2,(H,17,18). The number of rotatable bonds is 5. The second-order valence-corrected chi connectivity index (χ2v) is 4.54. The third-order valence-corrected chi connectivity index (χ3v) is 2.48. The Morgan fingerprint density at radius 2 is 2.06 bits per heavy atom. The Morgan fingerprint density at radius 1 is 1.33 bits per heavy atom. The number of benzene rings is 1. The first-order valence-corrected chi connectivity index (χ1v) is 5.95. The first kappa shape index (κ1) is 15.0. The van der Waals surface area contributed by atoms with E-state index in [4.69, 9.17) is 0 Å². The van der Waals surface area contributed by atoms with Gasteiger partial charge < -0.3 is 10.6 Å². The molecule has 18 heavy (non-hydrogen) atoms. The van der Waals surface area contributed by atoms with E-state index in [1.165, 1.54) is 0 Å². The van der Waals surface area contributed by atoms with Crippen molar-refractivity contribution in [1.82, 2.24) is 10.6 Å². The number of halogens is 4. The minimum Gasteiger partial charge on any atom is -0.346 e. The number of alkyl halides is 3. The normalized spacial score (nSPS) is 11.3. The van der Waals surface area contributed by atoms with Crippen LogP contribution >= 0.6 is 15.9 Å². The van der Waals surface area contributed by atoms with E-state index in [9.17, 15) is 18.0 Å². The summed E-state index contributed by atoms with van der Waals surface area (Å²) in [6.07, 6.45) is -4.38. The van der Waals surface area contributed by atoms with Gasteiger partial charge in [0.15, 0.2) is 0 Å². The van der Waals surface area contributed by atoms with E-state index >= 15 is 0 Å². The molecule has 0 aromatic heterocycles. The second-order valence-electron chi connectivity index (χ2n) is 3.63. The molecule has 0 bridgehead atoms. The number of hydrogen-bond acceptors (Lipinski definition) is 2. The lowest BCUT2D eigenvalue weighted by Gasteiger charge is -2.09. The van der Waals surface area contributed by atoms with E-state index in [1.54, 1.807) is 5.32 Å². The van der Waals surface area contributed by atoms with E-state index in [-0.39, 0.29) is 6.54 Å². The van der Waals surface area contributed by atoms with Gasteiger partial charge >= 0.3 is 6.18 Å². The fourth-order valence-corrected chi connectivity index (χ4v) is 1.68. The van der Waals surface area contributed by atoms with Crippen LogP contribution in [-0.4, -0.2) is 25.2 Å². The van der Waals surface area contributed by atoms with Gasteiger partial charge in [-0.25, -0.2) is 0 Å². The van der Waals surface area contributed by atoms with Gasteiger partial charge in [0, 0.05) is 11.0 Å². The van der Waals surface area contributed by atoms with Crippen molar-refractivity contribution in [1.29, 1.82) is 0 Å². The monoisotopic (exact) mass is 324 g/mol. The average molecular weight is 325 g/mol. The molecule has 1 amide bonds. The number of carbonyl (C=O) groups excluding carboxylic acids is 1. The summed E-state index contributed by atoms with van der Waals surface area (Å²) in [5.74, 6) is -0.678. The van der Waals surface area contributed by atoms with Crippen molar-refractivity contribution < 1.29 is 18.0 Å². The first-order chi connectivity index (χ1) is 8.37. The van der Waals surface area contributed by atoms with Crippen molar-refractivity contribution in [2.45, 2.75) is 12.7 Å². The smallest absolute Gasteiger partial charge is 0.346 e. The summed E-state index contributed by atoms with van der Waals surface area (Å²) in [5.41, 5.74) is 0.938. The molecule has 0 saturated carbocycles. The SMILES string of the molecule is O=C(CNCc1cccc(Br)c1)NCC(F)(F)F. The van der Waals surface area contributed by atoms with Crippen molar-refractivity contribution in [3.05, 3.63) is 34.3 Å².